The first kappa shape index (κ1) is 11.9. The van der Waals surface area contributed by atoms with Crippen LogP contribution in [0.2, 0.25) is 0 Å². The molecular weight excluding hydrogens is 216 g/mol. The number of anilines is 1. The highest BCUT2D eigenvalue weighted by Crippen LogP contribution is 2.21. The minimum atomic E-state index is -0.731. The van der Waals surface area contributed by atoms with Gasteiger partial charge in [-0.15, -0.1) is 0 Å². The van der Waals surface area contributed by atoms with E-state index in [9.17, 15) is 9.90 Å². The first-order valence-electron chi connectivity index (χ1n) is 5.81. The van der Waals surface area contributed by atoms with Crippen molar-refractivity contribution < 1.29 is 9.90 Å². The highest BCUT2D eigenvalue weighted by molar-refractivity contribution is 5.79. The first-order valence-corrected chi connectivity index (χ1v) is 5.81. The molecule has 1 heterocycles. The molecule has 0 aliphatic carbocycles. The van der Waals surface area contributed by atoms with Crippen LogP contribution in [0.1, 0.15) is 18.9 Å². The Morgan fingerprint density at radius 1 is 1.59 bits per heavy atom. The summed E-state index contributed by atoms with van der Waals surface area (Å²) in [5.74, 6) is 0.0494. The predicted octanol–water partition coefficient (Wildman–Crippen LogP) is 0.795. The monoisotopic (exact) mass is 234 g/mol. The summed E-state index contributed by atoms with van der Waals surface area (Å²) in [4.78, 5) is 13.7. The summed E-state index contributed by atoms with van der Waals surface area (Å²) >= 11 is 0. The molecule has 1 aliphatic heterocycles. The van der Waals surface area contributed by atoms with Crippen LogP contribution in [0.15, 0.2) is 24.3 Å². The lowest BCUT2D eigenvalue weighted by Gasteiger charge is -2.19. The standard InChI is InChI=1S/C13H18N2O2/c1-13(17)5-6-15(9-13)12(16)8-10-3-2-4-11(14)7-10/h2-4,7,17H,5-6,8-9,14H2,1H3. The van der Waals surface area contributed by atoms with Crippen molar-refractivity contribution in [2.75, 3.05) is 18.8 Å². The van der Waals surface area contributed by atoms with Crippen LogP contribution in [0, 0.1) is 0 Å². The molecule has 1 unspecified atom stereocenters. The highest BCUT2D eigenvalue weighted by Gasteiger charge is 2.33. The third kappa shape index (κ3) is 2.97. The van der Waals surface area contributed by atoms with Crippen molar-refractivity contribution in [2.24, 2.45) is 0 Å². The number of carbonyl (C=O) groups is 1. The SMILES string of the molecule is CC1(O)CCN(C(=O)Cc2cccc(N)c2)C1. The van der Waals surface area contributed by atoms with E-state index < -0.39 is 5.60 Å². The third-order valence-corrected chi connectivity index (χ3v) is 3.11. The van der Waals surface area contributed by atoms with Crippen LogP contribution in [-0.2, 0) is 11.2 Å². The summed E-state index contributed by atoms with van der Waals surface area (Å²) in [6.45, 7) is 2.82. The predicted molar refractivity (Wildman–Crippen MR) is 66.4 cm³/mol. The van der Waals surface area contributed by atoms with Gasteiger partial charge in [-0.25, -0.2) is 0 Å². The zero-order chi connectivity index (χ0) is 12.5. The third-order valence-electron chi connectivity index (χ3n) is 3.11. The van der Waals surface area contributed by atoms with Crippen LogP contribution in [0.25, 0.3) is 0 Å². The number of β-amino-alcohol motifs (C(OH)–C–C–N with tert-alkyl or cyclic N) is 1. The zero-order valence-corrected chi connectivity index (χ0v) is 10.0. The Bertz CT molecular complexity index is 429. The molecule has 1 saturated heterocycles. The average molecular weight is 234 g/mol. The summed E-state index contributed by atoms with van der Waals surface area (Å²) in [5.41, 5.74) is 6.52. The maximum Gasteiger partial charge on any atom is 0.227 e. The van der Waals surface area contributed by atoms with Crippen molar-refractivity contribution in [1.82, 2.24) is 4.90 Å². The van der Waals surface area contributed by atoms with Crippen LogP contribution >= 0.6 is 0 Å². The van der Waals surface area contributed by atoms with Crippen molar-refractivity contribution in [2.45, 2.75) is 25.4 Å². The molecule has 0 aromatic heterocycles. The molecule has 4 nitrogen and oxygen atoms in total. The molecule has 0 bridgehead atoms. The van der Waals surface area contributed by atoms with E-state index in [-0.39, 0.29) is 5.91 Å². The van der Waals surface area contributed by atoms with E-state index in [0.29, 0.717) is 31.6 Å². The smallest absolute Gasteiger partial charge is 0.227 e. The van der Waals surface area contributed by atoms with E-state index in [4.69, 9.17) is 5.73 Å². The van der Waals surface area contributed by atoms with Crippen LogP contribution < -0.4 is 5.73 Å². The van der Waals surface area contributed by atoms with E-state index in [1.165, 1.54) is 0 Å². The van der Waals surface area contributed by atoms with Gasteiger partial charge in [0.15, 0.2) is 0 Å². The van der Waals surface area contributed by atoms with Gasteiger partial charge in [0.2, 0.25) is 5.91 Å². The Morgan fingerprint density at radius 2 is 2.35 bits per heavy atom. The Kier molecular flexibility index (Phi) is 3.07. The highest BCUT2D eigenvalue weighted by atomic mass is 16.3. The van der Waals surface area contributed by atoms with Crippen molar-refractivity contribution in [1.29, 1.82) is 0 Å². The first-order chi connectivity index (χ1) is 7.96. The number of nitrogens with zero attached hydrogens (tertiary/aromatic N) is 1. The van der Waals surface area contributed by atoms with Gasteiger partial charge in [0, 0.05) is 18.8 Å². The minimum absolute atomic E-state index is 0.0494. The normalized spacial score (nSPS) is 24.0. The maximum atomic E-state index is 12.0. The molecule has 92 valence electrons. The lowest BCUT2D eigenvalue weighted by atomic mass is 10.1. The summed E-state index contributed by atoms with van der Waals surface area (Å²) in [5, 5.41) is 9.81. The second-order valence-electron chi connectivity index (χ2n) is 4.98. The second kappa shape index (κ2) is 4.37. The van der Waals surface area contributed by atoms with Crippen LogP contribution in [0.4, 0.5) is 5.69 Å². The summed E-state index contributed by atoms with van der Waals surface area (Å²) in [6, 6.07) is 7.35. The number of hydrogen-bond donors (Lipinski definition) is 2. The number of amides is 1. The Labute approximate surface area is 101 Å². The molecule has 1 aliphatic rings. The van der Waals surface area contributed by atoms with Crippen molar-refractivity contribution >= 4 is 11.6 Å². The Morgan fingerprint density at radius 3 is 2.94 bits per heavy atom. The van der Waals surface area contributed by atoms with Gasteiger partial charge in [0.05, 0.1) is 12.0 Å². The summed E-state index contributed by atoms with van der Waals surface area (Å²) in [6.07, 6.45) is 0.997. The van der Waals surface area contributed by atoms with Gasteiger partial charge >= 0.3 is 0 Å². The molecule has 2 rings (SSSR count). The van der Waals surface area contributed by atoms with E-state index in [2.05, 4.69) is 0 Å². The molecule has 4 heteroatoms. The Hall–Kier alpha value is -1.55. The van der Waals surface area contributed by atoms with E-state index in [0.717, 1.165) is 5.56 Å². The molecule has 1 amide bonds. The lowest BCUT2D eigenvalue weighted by Crippen LogP contribution is -2.34. The quantitative estimate of drug-likeness (QED) is 0.744. The van der Waals surface area contributed by atoms with Crippen molar-refractivity contribution in [3.05, 3.63) is 29.8 Å². The number of hydrogen-bond acceptors (Lipinski definition) is 3. The van der Waals surface area contributed by atoms with Gasteiger partial charge in [0.1, 0.15) is 0 Å². The number of likely N-dealkylation sites (tertiary alicyclic amines) is 1. The number of carbonyl (C=O) groups excluding carboxylic acids is 1. The number of nitrogen functional groups attached to an aromatic ring is 1. The molecule has 0 spiro atoms. The van der Waals surface area contributed by atoms with Gasteiger partial charge in [-0.3, -0.25) is 4.79 Å². The topological polar surface area (TPSA) is 66.6 Å². The fourth-order valence-electron chi connectivity index (χ4n) is 2.15. The molecule has 3 N–H and O–H groups in total. The molecule has 0 saturated carbocycles. The minimum Gasteiger partial charge on any atom is -0.399 e. The molecule has 0 radical (unpaired) electrons. The molecule has 1 fully saturated rings. The lowest BCUT2D eigenvalue weighted by molar-refractivity contribution is -0.130. The number of rotatable bonds is 2. The van der Waals surface area contributed by atoms with Gasteiger partial charge in [-0.05, 0) is 31.0 Å². The number of aliphatic hydroxyl groups is 1. The fraction of sp³-hybridized carbons (Fsp3) is 0.462. The van der Waals surface area contributed by atoms with Crippen LogP contribution in [0.3, 0.4) is 0 Å². The van der Waals surface area contributed by atoms with Gasteiger partial charge in [-0.1, -0.05) is 12.1 Å². The molecular formula is C13H18N2O2. The second-order valence-corrected chi connectivity index (χ2v) is 4.98. The van der Waals surface area contributed by atoms with E-state index in [1.807, 2.05) is 18.2 Å². The zero-order valence-electron chi connectivity index (χ0n) is 10.0. The van der Waals surface area contributed by atoms with Gasteiger partial charge < -0.3 is 15.7 Å². The Balaban J connectivity index is 1.98. The van der Waals surface area contributed by atoms with Crippen LogP contribution in [-0.4, -0.2) is 34.6 Å². The average Bonchev–Trinajstić information content (AvgIpc) is 2.59. The molecule has 17 heavy (non-hydrogen) atoms. The number of benzene rings is 1. The van der Waals surface area contributed by atoms with Crippen molar-refractivity contribution in [3.63, 3.8) is 0 Å². The number of nitrogens with two attached hydrogens (primary N) is 1. The molecule has 1 aromatic rings. The van der Waals surface area contributed by atoms with E-state index in [1.54, 1.807) is 17.9 Å². The van der Waals surface area contributed by atoms with Crippen molar-refractivity contribution in [3.8, 4) is 0 Å². The molecule has 1 aromatic carbocycles. The maximum absolute atomic E-state index is 12.0. The van der Waals surface area contributed by atoms with Gasteiger partial charge in [-0.2, -0.15) is 0 Å². The largest absolute Gasteiger partial charge is 0.399 e. The van der Waals surface area contributed by atoms with Gasteiger partial charge in [0.25, 0.3) is 0 Å². The fourth-order valence-corrected chi connectivity index (χ4v) is 2.15. The van der Waals surface area contributed by atoms with Crippen LogP contribution in [0.5, 0.6) is 0 Å². The summed E-state index contributed by atoms with van der Waals surface area (Å²) in [7, 11) is 0. The summed E-state index contributed by atoms with van der Waals surface area (Å²) < 4.78 is 0. The molecule has 1 atom stereocenters. The van der Waals surface area contributed by atoms with E-state index >= 15 is 0 Å².